The smallest absolute Gasteiger partial charge is 0.744 e. The van der Waals surface area contributed by atoms with E-state index in [1.54, 1.807) is 24.3 Å². The van der Waals surface area contributed by atoms with E-state index in [0.29, 0.717) is 16.5 Å². The SMILES string of the molecule is CC(=O)Nc1cccc2ccc(O)c(N=Nc3cccc(S(=O)(=O)[O-])c3O)c12.[Na+]. The van der Waals surface area contributed by atoms with Crippen molar-refractivity contribution in [3.63, 3.8) is 0 Å². The third-order valence-corrected chi connectivity index (χ3v) is 4.68. The summed E-state index contributed by atoms with van der Waals surface area (Å²) in [6, 6.07) is 11.5. The van der Waals surface area contributed by atoms with E-state index in [0.717, 1.165) is 6.07 Å². The molecule has 0 atom stereocenters. The molecule has 3 N–H and O–H groups in total. The van der Waals surface area contributed by atoms with E-state index in [-0.39, 0.29) is 52.6 Å². The van der Waals surface area contributed by atoms with Gasteiger partial charge in [0.1, 0.15) is 27.2 Å². The maximum absolute atomic E-state index is 11.5. The molecule has 3 aromatic carbocycles. The summed E-state index contributed by atoms with van der Waals surface area (Å²) >= 11 is 0. The van der Waals surface area contributed by atoms with Crippen LogP contribution in [0.2, 0.25) is 0 Å². The van der Waals surface area contributed by atoms with Gasteiger partial charge in [-0.3, -0.25) is 4.79 Å². The first-order chi connectivity index (χ1) is 13.2. The van der Waals surface area contributed by atoms with Gasteiger partial charge in [0.25, 0.3) is 0 Å². The summed E-state index contributed by atoms with van der Waals surface area (Å²) in [5, 5.41) is 31.6. The fourth-order valence-corrected chi connectivity index (χ4v) is 3.23. The fourth-order valence-electron chi connectivity index (χ4n) is 2.64. The maximum Gasteiger partial charge on any atom is 1.00 e. The molecule has 0 saturated carbocycles. The minimum absolute atomic E-state index is 0. The first kappa shape index (κ1) is 22.8. The van der Waals surface area contributed by atoms with Crippen LogP contribution in [0.25, 0.3) is 10.8 Å². The molecule has 0 aliphatic rings. The molecule has 0 bridgehead atoms. The standard InChI is InChI=1S/C18H15N3O6S.Na/c1-10(22)19-12-5-2-4-11-8-9-14(23)17(16(11)12)21-20-13-6-3-7-15(18(13)24)28(25,26)27;/h2-9,23-24H,1H3,(H,19,22)(H,25,26,27);/q;+1/p-1. The first-order valence-corrected chi connectivity index (χ1v) is 9.31. The zero-order valence-corrected chi connectivity index (χ0v) is 18.3. The van der Waals surface area contributed by atoms with E-state index in [1.807, 2.05) is 0 Å². The summed E-state index contributed by atoms with van der Waals surface area (Å²) in [7, 11) is -4.90. The van der Waals surface area contributed by atoms with Gasteiger partial charge in [-0.15, -0.1) is 10.2 Å². The van der Waals surface area contributed by atoms with Gasteiger partial charge in [-0.2, -0.15) is 0 Å². The number of azo groups is 1. The average Bonchev–Trinajstić information content (AvgIpc) is 2.61. The molecule has 3 rings (SSSR count). The van der Waals surface area contributed by atoms with Crippen LogP contribution in [-0.2, 0) is 14.9 Å². The predicted octanol–water partition coefficient (Wildman–Crippen LogP) is 0.533. The van der Waals surface area contributed by atoms with Gasteiger partial charge < -0.3 is 20.1 Å². The van der Waals surface area contributed by atoms with Crippen molar-refractivity contribution in [2.45, 2.75) is 11.8 Å². The van der Waals surface area contributed by atoms with Gasteiger partial charge in [-0.25, -0.2) is 8.42 Å². The number of fused-ring (bicyclic) bond motifs is 1. The Kier molecular flexibility index (Phi) is 6.98. The number of amides is 1. The molecule has 0 saturated heterocycles. The van der Waals surface area contributed by atoms with E-state index in [4.69, 9.17) is 0 Å². The Labute approximate surface area is 188 Å². The molecule has 0 aromatic heterocycles. The molecule has 3 aromatic rings. The molecule has 11 heteroatoms. The number of phenolic OH excluding ortho intramolecular Hbond substituents is 2. The second-order valence-electron chi connectivity index (χ2n) is 5.80. The molecular weight excluding hydrogens is 409 g/mol. The normalized spacial score (nSPS) is 11.4. The van der Waals surface area contributed by atoms with Crippen molar-refractivity contribution >= 4 is 43.9 Å². The number of nitrogens with one attached hydrogen (secondary N) is 1. The van der Waals surface area contributed by atoms with E-state index < -0.39 is 20.8 Å². The van der Waals surface area contributed by atoms with E-state index in [1.165, 1.54) is 25.1 Å². The van der Waals surface area contributed by atoms with Crippen LogP contribution >= 0.6 is 0 Å². The van der Waals surface area contributed by atoms with E-state index >= 15 is 0 Å². The summed E-state index contributed by atoms with van der Waals surface area (Å²) in [4.78, 5) is 10.6. The van der Waals surface area contributed by atoms with Crippen LogP contribution in [0.1, 0.15) is 6.92 Å². The van der Waals surface area contributed by atoms with Crippen LogP contribution in [0.5, 0.6) is 11.5 Å². The van der Waals surface area contributed by atoms with Crippen molar-refractivity contribution in [3.05, 3.63) is 48.5 Å². The van der Waals surface area contributed by atoms with Crippen molar-refractivity contribution in [2.75, 3.05) is 5.32 Å². The summed E-state index contributed by atoms with van der Waals surface area (Å²) in [5.74, 6) is -1.42. The molecule has 0 fully saturated rings. The predicted molar refractivity (Wildman–Crippen MR) is 100 cm³/mol. The second kappa shape index (κ2) is 8.89. The third kappa shape index (κ3) is 4.92. The first-order valence-electron chi connectivity index (χ1n) is 7.90. The van der Waals surface area contributed by atoms with E-state index in [9.17, 15) is 28.0 Å². The number of aromatic hydroxyl groups is 2. The Morgan fingerprint density at radius 1 is 1.03 bits per heavy atom. The largest absolute Gasteiger partial charge is 1.00 e. The van der Waals surface area contributed by atoms with Gasteiger partial charge in [0.05, 0.1) is 10.6 Å². The van der Waals surface area contributed by atoms with Gasteiger partial charge in [0, 0.05) is 12.3 Å². The number of para-hydroxylation sites is 1. The van der Waals surface area contributed by atoms with Crippen molar-refractivity contribution in [3.8, 4) is 11.5 Å². The van der Waals surface area contributed by atoms with E-state index in [2.05, 4.69) is 15.5 Å². The second-order valence-corrected chi connectivity index (χ2v) is 7.14. The Morgan fingerprint density at radius 3 is 2.38 bits per heavy atom. The van der Waals surface area contributed by atoms with Gasteiger partial charge in [-0.1, -0.05) is 24.3 Å². The molecule has 0 unspecified atom stereocenters. The molecule has 0 heterocycles. The summed E-state index contributed by atoms with van der Waals surface area (Å²) in [6.45, 7) is 1.33. The van der Waals surface area contributed by atoms with Crippen molar-refractivity contribution in [1.82, 2.24) is 0 Å². The number of benzene rings is 3. The summed E-state index contributed by atoms with van der Waals surface area (Å²) in [6.07, 6.45) is 0. The Hall–Kier alpha value is -2.50. The van der Waals surface area contributed by atoms with Crippen molar-refractivity contribution < 1.29 is 57.5 Å². The Morgan fingerprint density at radius 2 is 1.72 bits per heavy atom. The summed E-state index contributed by atoms with van der Waals surface area (Å²) < 4.78 is 33.6. The fraction of sp³-hybridized carbons (Fsp3) is 0.0556. The molecule has 0 radical (unpaired) electrons. The molecule has 29 heavy (non-hydrogen) atoms. The monoisotopic (exact) mass is 423 g/mol. The molecule has 0 spiro atoms. The number of nitrogens with zero attached hydrogens (tertiary/aromatic N) is 2. The van der Waals surface area contributed by atoms with Crippen LogP contribution in [0, 0.1) is 0 Å². The zero-order chi connectivity index (χ0) is 20.5. The van der Waals surface area contributed by atoms with Crippen LogP contribution in [0.4, 0.5) is 17.1 Å². The van der Waals surface area contributed by atoms with Crippen LogP contribution < -0.4 is 34.9 Å². The Balaban J connectivity index is 0.00000300. The number of phenols is 2. The third-order valence-electron chi connectivity index (χ3n) is 3.81. The van der Waals surface area contributed by atoms with Gasteiger partial charge in [-0.05, 0) is 29.7 Å². The van der Waals surface area contributed by atoms with Crippen molar-refractivity contribution in [1.29, 1.82) is 0 Å². The molecule has 0 aliphatic heterocycles. The topological polar surface area (TPSA) is 151 Å². The number of carbonyl (C=O) groups is 1. The van der Waals surface area contributed by atoms with Gasteiger partial charge in [0.15, 0.2) is 5.75 Å². The van der Waals surface area contributed by atoms with Crippen molar-refractivity contribution in [2.24, 2.45) is 10.2 Å². The number of carbonyl (C=O) groups excluding carboxylic acids is 1. The van der Waals surface area contributed by atoms with Crippen LogP contribution in [-0.4, -0.2) is 29.1 Å². The zero-order valence-electron chi connectivity index (χ0n) is 15.4. The van der Waals surface area contributed by atoms with Crippen LogP contribution in [0.3, 0.4) is 0 Å². The number of hydrogen-bond acceptors (Lipinski definition) is 8. The molecule has 1 amide bonds. The molecule has 9 nitrogen and oxygen atoms in total. The summed E-state index contributed by atoms with van der Waals surface area (Å²) in [5.41, 5.74) is 0.108. The minimum Gasteiger partial charge on any atom is -0.744 e. The maximum atomic E-state index is 11.5. The quantitative estimate of drug-likeness (QED) is 0.316. The number of hydrogen-bond donors (Lipinski definition) is 3. The van der Waals surface area contributed by atoms with Gasteiger partial charge >= 0.3 is 29.6 Å². The van der Waals surface area contributed by atoms with Gasteiger partial charge in [0.2, 0.25) is 5.91 Å². The molecular formula is C18H14N3NaO6S. The average molecular weight is 423 g/mol. The van der Waals surface area contributed by atoms with Crippen LogP contribution in [0.15, 0.2) is 63.7 Å². The molecule has 0 aliphatic carbocycles. The number of rotatable bonds is 4. The Bertz CT molecular complexity index is 1230. The minimum atomic E-state index is -4.90. The number of anilines is 1. The molecule has 144 valence electrons.